The first-order chi connectivity index (χ1) is 35.6. The molecule has 4 aliphatic heterocycles. The molecule has 3 aliphatic carbocycles. The summed E-state index contributed by atoms with van der Waals surface area (Å²) in [6, 6.07) is 31.3. The predicted octanol–water partition coefficient (Wildman–Crippen LogP) is 8.40. The molecule has 0 N–H and O–H groups in total. The Morgan fingerprint density at radius 2 is 1.00 bits per heavy atom. The Hall–Kier alpha value is -6.83. The molecule has 0 bridgehead atoms. The maximum atomic E-state index is 13.0. The van der Waals surface area contributed by atoms with Crippen molar-refractivity contribution < 1.29 is 38.2 Å². The molecule has 2 unspecified atom stereocenters. The Morgan fingerprint density at radius 1 is 0.507 bits per heavy atom. The quantitative estimate of drug-likeness (QED) is 0.111. The number of ketones is 4. The fourth-order valence-electron chi connectivity index (χ4n) is 12.3. The lowest BCUT2D eigenvalue weighted by Crippen LogP contribution is -2.44. The number of fused-ring (bicyclic) bond motifs is 4. The van der Waals surface area contributed by atoms with Gasteiger partial charge in [0.05, 0.1) is 38.0 Å². The summed E-state index contributed by atoms with van der Waals surface area (Å²) in [5, 5.41) is 0. The highest BCUT2D eigenvalue weighted by Gasteiger charge is 2.42. The normalized spacial score (nSPS) is 22.9. The van der Waals surface area contributed by atoms with Crippen molar-refractivity contribution in [2.24, 2.45) is 11.8 Å². The van der Waals surface area contributed by atoms with Crippen LogP contribution in [0.25, 0.3) is 0 Å². The largest absolute Gasteiger partial charge is 0.489 e. The van der Waals surface area contributed by atoms with Crippen LogP contribution in [0.2, 0.25) is 0 Å². The number of carbonyl (C=O) groups is 6. The molecule has 73 heavy (non-hydrogen) atoms. The molecule has 1 aromatic heterocycles. The monoisotopic (exact) mass is 981 g/mol. The second-order valence-electron chi connectivity index (χ2n) is 21.2. The second kappa shape index (κ2) is 21.3. The van der Waals surface area contributed by atoms with Crippen molar-refractivity contribution in [3.05, 3.63) is 159 Å². The van der Waals surface area contributed by atoms with Crippen LogP contribution in [0.15, 0.2) is 103 Å². The van der Waals surface area contributed by atoms with Crippen LogP contribution >= 0.6 is 0 Å². The zero-order chi connectivity index (χ0) is 50.0. The lowest BCUT2D eigenvalue weighted by molar-refractivity contribution is -0.134. The van der Waals surface area contributed by atoms with Crippen molar-refractivity contribution >= 4 is 34.9 Å². The number of aromatic nitrogens is 1. The number of Topliss-reactive ketones (excluding diaryl/α,β-unsaturated/α-hetero) is 4. The fourth-order valence-corrected chi connectivity index (χ4v) is 12.3. The lowest BCUT2D eigenvalue weighted by atomic mass is 9.82. The Balaban J connectivity index is 0.000000157. The number of amides is 2. The molecule has 4 fully saturated rings. The molecule has 4 atom stereocenters. The van der Waals surface area contributed by atoms with Gasteiger partial charge in [-0.25, -0.2) is 0 Å². The van der Waals surface area contributed by atoms with Crippen LogP contribution in [0.5, 0.6) is 11.5 Å². The van der Waals surface area contributed by atoms with Crippen LogP contribution in [0.3, 0.4) is 0 Å². The summed E-state index contributed by atoms with van der Waals surface area (Å²) in [5.41, 5.74) is 10.1. The summed E-state index contributed by atoms with van der Waals surface area (Å²) >= 11 is 0. The maximum absolute atomic E-state index is 13.0. The predicted molar refractivity (Wildman–Crippen MR) is 272 cm³/mol. The van der Waals surface area contributed by atoms with Crippen LogP contribution < -0.4 is 9.47 Å². The number of rotatable bonds is 12. The third-order valence-corrected chi connectivity index (χ3v) is 16.3. The van der Waals surface area contributed by atoms with Crippen molar-refractivity contribution in [2.75, 3.05) is 19.6 Å². The summed E-state index contributed by atoms with van der Waals surface area (Å²) in [6.45, 7) is 7.83. The number of likely N-dealkylation sites (tertiary alicyclic amines) is 1. The van der Waals surface area contributed by atoms with Gasteiger partial charge in [-0.3, -0.25) is 43.6 Å². The molecule has 4 aromatic carbocycles. The van der Waals surface area contributed by atoms with Gasteiger partial charge in [-0.1, -0.05) is 79.6 Å². The van der Waals surface area contributed by atoms with E-state index in [1.54, 1.807) is 21.9 Å². The molecular weight excluding hydrogens is 919 g/mol. The Kier molecular flexibility index (Phi) is 14.2. The van der Waals surface area contributed by atoms with Crippen molar-refractivity contribution in [2.45, 2.75) is 129 Å². The summed E-state index contributed by atoms with van der Waals surface area (Å²) in [4.78, 5) is 87.0. The van der Waals surface area contributed by atoms with E-state index in [-0.39, 0.29) is 47.8 Å². The van der Waals surface area contributed by atoms with Gasteiger partial charge in [0, 0.05) is 92.7 Å². The van der Waals surface area contributed by atoms with E-state index in [4.69, 9.17) is 9.47 Å². The van der Waals surface area contributed by atoms with Gasteiger partial charge in [0.2, 0.25) is 0 Å². The van der Waals surface area contributed by atoms with E-state index in [0.717, 1.165) is 66.7 Å². The number of hydrogen-bond acceptors (Lipinski definition) is 11. The van der Waals surface area contributed by atoms with E-state index < -0.39 is 12.1 Å². The van der Waals surface area contributed by atoms with E-state index in [9.17, 15) is 28.8 Å². The Bertz CT molecular complexity index is 2920. The molecule has 5 aromatic rings. The van der Waals surface area contributed by atoms with Gasteiger partial charge in [-0.15, -0.1) is 0 Å². The minimum absolute atomic E-state index is 0.0334. The lowest BCUT2D eigenvalue weighted by Gasteiger charge is -2.29. The van der Waals surface area contributed by atoms with E-state index >= 15 is 0 Å². The molecule has 1 saturated heterocycles. The molecule has 0 radical (unpaired) electrons. The standard InChI is InChI=1S/C30H29N3O4.C30H34N2O4/c34-23-10-11-27(28(35)15-23)33-18-25-24(30(33)36)4-1-5-29(25)37-19-21-8-6-20(7-9-21)16-32-14-12-26-22(17-32)3-2-13-31-26;33-24-12-13-27(28(34)14-24)32-18-26-25(30(32)35)6-3-7-29(26)36-19-21-10-8-20(9-11-21)15-31-16-22-4-1-2-5-23(22)17-31/h1-9,13,27H,10-12,14-19H2;3,6-11,22-23,27H,1-2,4-5,12-19H2/t;22-,23+,27?. The Labute approximate surface area is 426 Å². The molecule has 3 saturated carbocycles. The fraction of sp³-hybridized carbons (Fsp3) is 0.417. The zero-order valence-corrected chi connectivity index (χ0v) is 41.5. The van der Waals surface area contributed by atoms with Gasteiger partial charge < -0.3 is 19.3 Å². The number of carbonyl (C=O) groups excluding carboxylic acids is 6. The van der Waals surface area contributed by atoms with Gasteiger partial charge in [-0.2, -0.15) is 0 Å². The average Bonchev–Trinajstić information content (AvgIpc) is 4.08. The van der Waals surface area contributed by atoms with Gasteiger partial charge in [-0.05, 0) is 95.7 Å². The maximum Gasteiger partial charge on any atom is 0.255 e. The van der Waals surface area contributed by atoms with Crippen LogP contribution in [0.1, 0.15) is 130 Å². The third kappa shape index (κ3) is 10.7. The van der Waals surface area contributed by atoms with Crippen LogP contribution in [-0.4, -0.2) is 91.2 Å². The molecule has 0 spiro atoms. The van der Waals surface area contributed by atoms with E-state index in [1.807, 2.05) is 36.5 Å². The zero-order valence-electron chi connectivity index (χ0n) is 41.5. The highest BCUT2D eigenvalue weighted by molar-refractivity contribution is 6.08. The summed E-state index contributed by atoms with van der Waals surface area (Å²) < 4.78 is 12.3. The van der Waals surface area contributed by atoms with E-state index in [2.05, 4.69) is 69.4 Å². The first-order valence-corrected chi connectivity index (χ1v) is 26.3. The molecule has 13 heteroatoms. The number of ether oxygens (including phenoxy) is 2. The number of benzene rings is 4. The van der Waals surface area contributed by atoms with E-state index in [1.165, 1.54) is 61.2 Å². The second-order valence-corrected chi connectivity index (χ2v) is 21.2. The van der Waals surface area contributed by atoms with Gasteiger partial charge in [0.15, 0.2) is 11.6 Å². The smallest absolute Gasteiger partial charge is 0.255 e. The molecule has 5 heterocycles. The van der Waals surface area contributed by atoms with Gasteiger partial charge in [0.25, 0.3) is 11.8 Å². The minimum Gasteiger partial charge on any atom is -0.489 e. The molecule has 12 rings (SSSR count). The number of hydrogen-bond donors (Lipinski definition) is 0. The van der Waals surface area contributed by atoms with E-state index in [0.29, 0.717) is 74.6 Å². The molecular formula is C60H63N5O8. The van der Waals surface area contributed by atoms with Gasteiger partial charge >= 0.3 is 0 Å². The number of pyridine rings is 1. The first kappa shape index (κ1) is 48.4. The molecule has 13 nitrogen and oxygen atoms in total. The summed E-state index contributed by atoms with van der Waals surface area (Å²) in [6.07, 6.45) is 9.84. The highest BCUT2D eigenvalue weighted by Crippen LogP contribution is 2.38. The molecule has 376 valence electrons. The van der Waals surface area contributed by atoms with Crippen LogP contribution in [-0.2, 0) is 71.5 Å². The van der Waals surface area contributed by atoms with Crippen molar-refractivity contribution in [1.29, 1.82) is 0 Å². The van der Waals surface area contributed by atoms with Crippen LogP contribution in [0, 0.1) is 11.8 Å². The number of nitrogens with zero attached hydrogens (tertiary/aromatic N) is 5. The average molecular weight is 982 g/mol. The van der Waals surface area contributed by atoms with Crippen molar-refractivity contribution in [3.8, 4) is 11.5 Å². The third-order valence-electron chi connectivity index (χ3n) is 16.3. The topological polar surface area (TPSA) is 147 Å². The highest BCUT2D eigenvalue weighted by atomic mass is 16.5. The van der Waals surface area contributed by atoms with Crippen molar-refractivity contribution in [1.82, 2.24) is 24.6 Å². The van der Waals surface area contributed by atoms with Crippen LogP contribution in [0.4, 0.5) is 0 Å². The Morgan fingerprint density at radius 3 is 1.51 bits per heavy atom. The minimum atomic E-state index is -0.525. The first-order valence-electron chi connectivity index (χ1n) is 26.3. The molecule has 7 aliphatic rings. The molecule has 2 amide bonds. The van der Waals surface area contributed by atoms with Crippen molar-refractivity contribution in [3.63, 3.8) is 0 Å². The van der Waals surface area contributed by atoms with Gasteiger partial charge in [0.1, 0.15) is 36.3 Å². The summed E-state index contributed by atoms with van der Waals surface area (Å²) in [7, 11) is 0. The SMILES string of the molecule is O=C1CCC(N2Cc3c(OCc4ccc(CN5CCc6ncccc6C5)cc4)cccc3C2=O)C(=O)C1.O=C1CCC(N2Cc3c(OCc4ccc(CN5C[C@H]6CCCC[C@H]6C5)cc4)cccc3C2=O)C(=O)C1. The summed E-state index contributed by atoms with van der Waals surface area (Å²) in [5.74, 6) is 2.47.